The van der Waals surface area contributed by atoms with E-state index in [-0.39, 0.29) is 0 Å². The Morgan fingerprint density at radius 3 is 2.76 bits per heavy atom. The summed E-state index contributed by atoms with van der Waals surface area (Å²) in [6.45, 7) is 1.21. The van der Waals surface area contributed by atoms with Gasteiger partial charge in [0, 0.05) is 10.8 Å². The zero-order valence-electron chi connectivity index (χ0n) is 9.48. The fourth-order valence-corrected chi connectivity index (χ4v) is 2.69. The van der Waals surface area contributed by atoms with E-state index < -0.39 is 0 Å². The lowest BCUT2D eigenvalue weighted by molar-refractivity contribution is -0.117. The lowest BCUT2D eigenvalue weighted by Gasteiger charge is -2.18. The van der Waals surface area contributed by atoms with E-state index in [1.54, 1.807) is 11.8 Å². The van der Waals surface area contributed by atoms with Gasteiger partial charge in [0.2, 0.25) is 0 Å². The van der Waals surface area contributed by atoms with Crippen molar-refractivity contribution in [3.05, 3.63) is 18.2 Å². The zero-order valence-corrected chi connectivity index (χ0v) is 10.3. The van der Waals surface area contributed by atoms with Gasteiger partial charge in [-0.3, -0.25) is 4.79 Å². The number of rotatable bonds is 4. The van der Waals surface area contributed by atoms with Gasteiger partial charge in [-0.15, -0.1) is 11.8 Å². The third kappa shape index (κ3) is 2.57. The molecular formula is C13H14O3S. The van der Waals surface area contributed by atoms with Crippen molar-refractivity contribution < 1.29 is 14.3 Å². The molecule has 3 rings (SSSR count). The van der Waals surface area contributed by atoms with Gasteiger partial charge in [0.15, 0.2) is 11.5 Å². The summed E-state index contributed by atoms with van der Waals surface area (Å²) in [5, 5.41) is 0. The van der Waals surface area contributed by atoms with E-state index in [1.165, 1.54) is 0 Å². The van der Waals surface area contributed by atoms with E-state index in [9.17, 15) is 4.79 Å². The first-order valence-electron chi connectivity index (χ1n) is 5.88. The molecule has 3 nitrogen and oxygen atoms in total. The molecule has 90 valence electrons. The van der Waals surface area contributed by atoms with Crippen LogP contribution in [0.2, 0.25) is 0 Å². The lowest BCUT2D eigenvalue weighted by Crippen LogP contribution is -2.15. The molecule has 1 saturated carbocycles. The van der Waals surface area contributed by atoms with Crippen LogP contribution in [0.3, 0.4) is 0 Å². The molecule has 0 spiro atoms. The fraction of sp³-hybridized carbons (Fsp3) is 0.462. The molecule has 0 atom stereocenters. The maximum atomic E-state index is 11.6. The summed E-state index contributed by atoms with van der Waals surface area (Å²) in [6.07, 6.45) is 2.17. The quantitative estimate of drug-likeness (QED) is 0.769. The van der Waals surface area contributed by atoms with Gasteiger partial charge in [-0.2, -0.15) is 0 Å². The summed E-state index contributed by atoms with van der Waals surface area (Å²) in [5.74, 6) is 2.89. The van der Waals surface area contributed by atoms with Gasteiger partial charge in [0.1, 0.15) is 19.0 Å². The minimum Gasteiger partial charge on any atom is -0.486 e. The zero-order chi connectivity index (χ0) is 11.7. The Labute approximate surface area is 104 Å². The summed E-state index contributed by atoms with van der Waals surface area (Å²) >= 11 is 1.58. The number of thioether (sulfide) groups is 1. The summed E-state index contributed by atoms with van der Waals surface area (Å²) in [4.78, 5) is 12.7. The van der Waals surface area contributed by atoms with Crippen LogP contribution in [0.15, 0.2) is 23.1 Å². The van der Waals surface area contributed by atoms with Crippen LogP contribution >= 0.6 is 11.8 Å². The second-order valence-electron chi connectivity index (χ2n) is 4.33. The number of ether oxygens (including phenoxy) is 2. The molecule has 1 aliphatic carbocycles. The molecule has 0 aromatic heterocycles. The molecule has 0 saturated heterocycles. The van der Waals surface area contributed by atoms with Crippen LogP contribution in [-0.4, -0.2) is 24.7 Å². The largest absolute Gasteiger partial charge is 0.486 e. The van der Waals surface area contributed by atoms with Crippen LogP contribution in [0.1, 0.15) is 12.8 Å². The SMILES string of the molecule is O=C(CSc1ccc2c(c1)OCCO2)C1CC1. The van der Waals surface area contributed by atoms with Crippen molar-refractivity contribution >= 4 is 17.5 Å². The molecular weight excluding hydrogens is 236 g/mol. The van der Waals surface area contributed by atoms with Gasteiger partial charge in [-0.05, 0) is 31.0 Å². The van der Waals surface area contributed by atoms with Crippen molar-refractivity contribution in [1.29, 1.82) is 0 Å². The topological polar surface area (TPSA) is 35.5 Å². The Morgan fingerprint density at radius 2 is 2.00 bits per heavy atom. The Balaban J connectivity index is 1.64. The molecule has 1 heterocycles. The number of hydrogen-bond acceptors (Lipinski definition) is 4. The molecule has 2 aliphatic rings. The Bertz CT molecular complexity index is 440. The predicted octanol–water partition coefficient (Wildman–Crippen LogP) is 2.53. The van der Waals surface area contributed by atoms with Gasteiger partial charge in [0.05, 0.1) is 5.75 Å². The molecule has 1 fully saturated rings. The summed E-state index contributed by atoms with van der Waals surface area (Å²) in [5.41, 5.74) is 0. The Kier molecular flexibility index (Phi) is 2.97. The summed E-state index contributed by atoms with van der Waals surface area (Å²) in [7, 11) is 0. The smallest absolute Gasteiger partial charge is 0.162 e. The highest BCUT2D eigenvalue weighted by atomic mass is 32.2. The number of carbonyl (C=O) groups excluding carboxylic acids is 1. The van der Waals surface area contributed by atoms with E-state index in [2.05, 4.69) is 0 Å². The molecule has 1 aromatic carbocycles. The fourth-order valence-electron chi connectivity index (χ4n) is 1.79. The van der Waals surface area contributed by atoms with Gasteiger partial charge in [-0.25, -0.2) is 0 Å². The monoisotopic (exact) mass is 250 g/mol. The standard InChI is InChI=1S/C13H14O3S/c14-11(9-1-2-9)8-17-10-3-4-12-13(7-10)16-6-5-15-12/h3-4,7,9H,1-2,5-6,8H2. The first-order valence-corrected chi connectivity index (χ1v) is 6.86. The average Bonchev–Trinajstić information content (AvgIpc) is 3.20. The Hall–Kier alpha value is -1.16. The number of carbonyl (C=O) groups is 1. The molecule has 0 bridgehead atoms. The van der Waals surface area contributed by atoms with Crippen molar-refractivity contribution in [3.8, 4) is 11.5 Å². The highest BCUT2D eigenvalue weighted by molar-refractivity contribution is 8.00. The highest BCUT2D eigenvalue weighted by Gasteiger charge is 2.29. The van der Waals surface area contributed by atoms with Crippen LogP contribution < -0.4 is 9.47 Å². The van der Waals surface area contributed by atoms with E-state index in [0.717, 1.165) is 29.2 Å². The van der Waals surface area contributed by atoms with E-state index >= 15 is 0 Å². The van der Waals surface area contributed by atoms with Crippen LogP contribution in [0.25, 0.3) is 0 Å². The lowest BCUT2D eigenvalue weighted by atomic mass is 10.3. The second-order valence-corrected chi connectivity index (χ2v) is 5.38. The number of benzene rings is 1. The van der Waals surface area contributed by atoms with Crippen LogP contribution in [-0.2, 0) is 4.79 Å². The maximum Gasteiger partial charge on any atom is 0.162 e. The average molecular weight is 250 g/mol. The molecule has 4 heteroatoms. The van der Waals surface area contributed by atoms with Crippen molar-refractivity contribution in [1.82, 2.24) is 0 Å². The third-order valence-electron chi connectivity index (χ3n) is 2.93. The number of ketones is 1. The molecule has 0 unspecified atom stereocenters. The minimum absolute atomic E-state index is 0.347. The number of Topliss-reactive ketones (excluding diaryl/α,β-unsaturated/α-hetero) is 1. The normalized spacial score (nSPS) is 17.9. The molecule has 0 amide bonds. The maximum absolute atomic E-state index is 11.6. The van der Waals surface area contributed by atoms with E-state index in [0.29, 0.717) is 30.7 Å². The molecule has 1 aromatic rings. The first kappa shape index (κ1) is 11.0. The van der Waals surface area contributed by atoms with Crippen LogP contribution in [0, 0.1) is 5.92 Å². The van der Waals surface area contributed by atoms with Gasteiger partial charge >= 0.3 is 0 Å². The van der Waals surface area contributed by atoms with Crippen molar-refractivity contribution in [2.24, 2.45) is 5.92 Å². The molecule has 17 heavy (non-hydrogen) atoms. The first-order chi connectivity index (χ1) is 8.33. The number of hydrogen-bond donors (Lipinski definition) is 0. The minimum atomic E-state index is 0.347. The summed E-state index contributed by atoms with van der Waals surface area (Å²) in [6, 6.07) is 5.86. The van der Waals surface area contributed by atoms with E-state index in [1.807, 2.05) is 18.2 Å². The molecule has 0 radical (unpaired) electrons. The predicted molar refractivity (Wildman–Crippen MR) is 65.9 cm³/mol. The van der Waals surface area contributed by atoms with Crippen LogP contribution in [0.4, 0.5) is 0 Å². The number of fused-ring (bicyclic) bond motifs is 1. The van der Waals surface area contributed by atoms with E-state index in [4.69, 9.17) is 9.47 Å². The Morgan fingerprint density at radius 1 is 1.24 bits per heavy atom. The molecule has 0 N–H and O–H groups in total. The van der Waals surface area contributed by atoms with Crippen LogP contribution in [0.5, 0.6) is 11.5 Å². The van der Waals surface area contributed by atoms with Gasteiger partial charge in [-0.1, -0.05) is 0 Å². The van der Waals surface area contributed by atoms with Gasteiger partial charge < -0.3 is 9.47 Å². The molecule has 1 aliphatic heterocycles. The highest BCUT2D eigenvalue weighted by Crippen LogP contribution is 2.36. The van der Waals surface area contributed by atoms with Crippen molar-refractivity contribution in [2.45, 2.75) is 17.7 Å². The second kappa shape index (κ2) is 4.61. The summed E-state index contributed by atoms with van der Waals surface area (Å²) < 4.78 is 11.0. The van der Waals surface area contributed by atoms with Gasteiger partial charge in [0.25, 0.3) is 0 Å². The van der Waals surface area contributed by atoms with Crippen molar-refractivity contribution in [3.63, 3.8) is 0 Å². The van der Waals surface area contributed by atoms with Crippen molar-refractivity contribution in [2.75, 3.05) is 19.0 Å². The third-order valence-corrected chi connectivity index (χ3v) is 3.94.